The summed E-state index contributed by atoms with van der Waals surface area (Å²) in [5, 5.41) is 18.2. The van der Waals surface area contributed by atoms with Crippen LogP contribution in [0.4, 0.5) is 0 Å². The van der Waals surface area contributed by atoms with Gasteiger partial charge in [-0.2, -0.15) is 10.5 Å². The van der Waals surface area contributed by atoms with E-state index in [-0.39, 0.29) is 11.3 Å². The van der Waals surface area contributed by atoms with E-state index in [1.54, 1.807) is 18.2 Å². The van der Waals surface area contributed by atoms with Crippen LogP contribution in [0.2, 0.25) is 0 Å². The van der Waals surface area contributed by atoms with E-state index < -0.39 is 0 Å². The molecule has 0 spiro atoms. The highest BCUT2D eigenvalue weighted by Crippen LogP contribution is 2.41. The van der Waals surface area contributed by atoms with Crippen LogP contribution in [0.1, 0.15) is 43.4 Å². The van der Waals surface area contributed by atoms with Crippen molar-refractivity contribution in [2.45, 2.75) is 26.7 Å². The van der Waals surface area contributed by atoms with Crippen molar-refractivity contribution in [3.8, 4) is 23.6 Å². The summed E-state index contributed by atoms with van der Waals surface area (Å²) in [5.74, 6) is 1.50. The molecule has 0 aliphatic rings. The van der Waals surface area contributed by atoms with Gasteiger partial charge >= 0.3 is 0 Å². The largest absolute Gasteiger partial charge is 0.457 e. The number of rotatable bonds is 5. The standard InChI is InChI=1S/C21H20N2O/c1-5-21(3,4)15(2)19-8-6-7-9-20(19)24-18-11-10-16(13-22)17(12-18)14-23/h5-12,15H,1H2,2-4H3. The van der Waals surface area contributed by atoms with Crippen LogP contribution in [-0.4, -0.2) is 0 Å². The predicted octanol–water partition coefficient (Wildman–Crippen LogP) is 5.54. The van der Waals surface area contributed by atoms with E-state index in [2.05, 4.69) is 27.4 Å². The van der Waals surface area contributed by atoms with E-state index in [0.29, 0.717) is 16.9 Å². The number of hydrogen-bond acceptors (Lipinski definition) is 3. The molecule has 0 bridgehead atoms. The highest BCUT2D eigenvalue weighted by Gasteiger charge is 2.26. The maximum atomic E-state index is 9.15. The van der Waals surface area contributed by atoms with Crippen LogP contribution in [0.25, 0.3) is 0 Å². The highest BCUT2D eigenvalue weighted by atomic mass is 16.5. The third-order valence-corrected chi connectivity index (χ3v) is 4.49. The molecule has 0 aromatic heterocycles. The van der Waals surface area contributed by atoms with Crippen LogP contribution in [-0.2, 0) is 0 Å². The molecule has 2 rings (SSSR count). The van der Waals surface area contributed by atoms with Gasteiger partial charge in [0.15, 0.2) is 0 Å². The number of hydrogen-bond donors (Lipinski definition) is 0. The average molecular weight is 316 g/mol. The maximum absolute atomic E-state index is 9.15. The predicted molar refractivity (Wildman–Crippen MR) is 94.8 cm³/mol. The Morgan fingerprint density at radius 1 is 1.08 bits per heavy atom. The van der Waals surface area contributed by atoms with Crippen molar-refractivity contribution in [2.75, 3.05) is 0 Å². The number of benzene rings is 2. The number of ether oxygens (including phenoxy) is 1. The Labute approximate surface area is 143 Å². The molecule has 0 amide bonds. The first-order valence-electron chi connectivity index (χ1n) is 7.77. The maximum Gasteiger partial charge on any atom is 0.130 e. The molecule has 2 aromatic rings. The number of para-hydroxylation sites is 1. The zero-order chi connectivity index (χ0) is 17.7. The number of nitrogens with zero attached hydrogens (tertiary/aromatic N) is 2. The topological polar surface area (TPSA) is 56.8 Å². The van der Waals surface area contributed by atoms with Crippen LogP contribution >= 0.6 is 0 Å². The van der Waals surface area contributed by atoms with Gasteiger partial charge in [-0.25, -0.2) is 0 Å². The van der Waals surface area contributed by atoms with Crippen molar-refractivity contribution in [1.82, 2.24) is 0 Å². The zero-order valence-electron chi connectivity index (χ0n) is 14.2. The van der Waals surface area contributed by atoms with Gasteiger partial charge in [0.05, 0.1) is 11.1 Å². The molecule has 0 heterocycles. The summed E-state index contributed by atoms with van der Waals surface area (Å²) in [6.45, 7) is 10.3. The van der Waals surface area contributed by atoms with Gasteiger partial charge in [-0.1, -0.05) is 45.0 Å². The van der Waals surface area contributed by atoms with Crippen molar-refractivity contribution in [1.29, 1.82) is 10.5 Å². The molecule has 0 saturated carbocycles. The van der Waals surface area contributed by atoms with Crippen molar-refractivity contribution < 1.29 is 4.74 Å². The third kappa shape index (κ3) is 3.47. The molecule has 3 nitrogen and oxygen atoms in total. The quantitative estimate of drug-likeness (QED) is 0.681. The first-order chi connectivity index (χ1) is 11.4. The molecule has 120 valence electrons. The molecule has 0 fully saturated rings. The van der Waals surface area contributed by atoms with Gasteiger partial charge in [-0.15, -0.1) is 6.58 Å². The van der Waals surface area contributed by atoms with Crippen molar-refractivity contribution in [3.05, 3.63) is 71.8 Å². The summed E-state index contributed by atoms with van der Waals surface area (Å²) < 4.78 is 6.02. The summed E-state index contributed by atoms with van der Waals surface area (Å²) in [6, 6.07) is 16.8. The monoisotopic (exact) mass is 316 g/mol. The van der Waals surface area contributed by atoms with E-state index in [1.807, 2.05) is 42.5 Å². The Balaban J connectivity index is 2.41. The second-order valence-corrected chi connectivity index (χ2v) is 6.32. The smallest absolute Gasteiger partial charge is 0.130 e. The molecule has 2 aromatic carbocycles. The van der Waals surface area contributed by atoms with Crippen molar-refractivity contribution >= 4 is 0 Å². The lowest BCUT2D eigenvalue weighted by atomic mass is 9.76. The lowest BCUT2D eigenvalue weighted by molar-refractivity contribution is 0.381. The Morgan fingerprint density at radius 2 is 1.75 bits per heavy atom. The molecule has 1 unspecified atom stereocenters. The first-order valence-corrected chi connectivity index (χ1v) is 7.77. The van der Waals surface area contributed by atoms with E-state index in [1.165, 1.54) is 0 Å². The fourth-order valence-corrected chi connectivity index (χ4v) is 2.41. The zero-order valence-corrected chi connectivity index (χ0v) is 14.2. The van der Waals surface area contributed by atoms with Gasteiger partial charge in [0, 0.05) is 0 Å². The first kappa shape index (κ1) is 17.3. The Morgan fingerprint density at radius 3 is 2.38 bits per heavy atom. The molecular formula is C21H20N2O. The Kier molecular flexibility index (Phi) is 5.07. The normalized spacial score (nSPS) is 11.9. The highest BCUT2D eigenvalue weighted by molar-refractivity contribution is 5.50. The molecule has 0 aliphatic heterocycles. The minimum atomic E-state index is -0.0814. The van der Waals surface area contributed by atoms with E-state index in [9.17, 15) is 0 Å². The number of nitriles is 2. The second-order valence-electron chi connectivity index (χ2n) is 6.32. The lowest BCUT2D eigenvalue weighted by Crippen LogP contribution is -2.17. The summed E-state index contributed by atoms with van der Waals surface area (Å²) in [5.41, 5.74) is 1.65. The molecule has 1 atom stereocenters. The minimum absolute atomic E-state index is 0.0814. The molecule has 0 saturated heterocycles. The van der Waals surface area contributed by atoms with Crippen LogP contribution in [0.3, 0.4) is 0 Å². The molecule has 0 N–H and O–H groups in total. The summed E-state index contributed by atoms with van der Waals surface area (Å²) in [6.07, 6.45) is 1.95. The van der Waals surface area contributed by atoms with Gasteiger partial charge in [0.1, 0.15) is 23.6 Å². The van der Waals surface area contributed by atoms with Crippen LogP contribution in [0.15, 0.2) is 55.1 Å². The van der Waals surface area contributed by atoms with E-state index in [4.69, 9.17) is 15.3 Å². The second kappa shape index (κ2) is 7.02. The lowest BCUT2D eigenvalue weighted by Gasteiger charge is -2.30. The van der Waals surface area contributed by atoms with E-state index >= 15 is 0 Å². The van der Waals surface area contributed by atoms with Crippen LogP contribution in [0, 0.1) is 28.1 Å². The molecular weight excluding hydrogens is 296 g/mol. The van der Waals surface area contributed by atoms with Gasteiger partial charge in [-0.3, -0.25) is 0 Å². The van der Waals surface area contributed by atoms with Crippen molar-refractivity contribution in [3.63, 3.8) is 0 Å². The summed E-state index contributed by atoms with van der Waals surface area (Å²) >= 11 is 0. The minimum Gasteiger partial charge on any atom is -0.457 e. The Hall–Kier alpha value is -3.04. The Bertz CT molecular complexity index is 838. The SMILES string of the molecule is C=CC(C)(C)C(C)c1ccccc1Oc1ccc(C#N)c(C#N)c1. The average Bonchev–Trinajstić information content (AvgIpc) is 2.61. The van der Waals surface area contributed by atoms with Crippen molar-refractivity contribution in [2.24, 2.45) is 5.41 Å². The van der Waals surface area contributed by atoms with Gasteiger partial charge < -0.3 is 4.74 Å². The fourth-order valence-electron chi connectivity index (χ4n) is 2.41. The van der Waals surface area contributed by atoms with Gasteiger partial charge in [0.25, 0.3) is 0 Å². The summed E-state index contributed by atoms with van der Waals surface area (Å²) in [7, 11) is 0. The molecule has 0 aliphatic carbocycles. The van der Waals surface area contributed by atoms with Gasteiger partial charge in [-0.05, 0) is 41.2 Å². The molecule has 0 radical (unpaired) electrons. The van der Waals surface area contributed by atoms with E-state index in [0.717, 1.165) is 11.3 Å². The van der Waals surface area contributed by atoms with Crippen LogP contribution in [0.5, 0.6) is 11.5 Å². The number of allylic oxidation sites excluding steroid dienone is 1. The molecule has 3 heteroatoms. The summed E-state index contributed by atoms with van der Waals surface area (Å²) in [4.78, 5) is 0. The fraction of sp³-hybridized carbons (Fsp3) is 0.238. The van der Waals surface area contributed by atoms with Crippen LogP contribution < -0.4 is 4.74 Å². The van der Waals surface area contributed by atoms with Gasteiger partial charge in [0.2, 0.25) is 0 Å². The molecule has 24 heavy (non-hydrogen) atoms. The third-order valence-electron chi connectivity index (χ3n) is 4.49.